The number of carbonyl (C=O) groups excluding carboxylic acids is 3. The molecule has 0 aliphatic carbocycles. The SMILES string of the molecule is C[C@@H](C[C@H]1NC(=O)NC1=O)C(=O)N1CCN(c2cccc(-c3cn[nH]c3)c2)CC1. The number of anilines is 1. The first-order valence-electron chi connectivity index (χ1n) is 9.75. The van der Waals surface area contributed by atoms with Gasteiger partial charge in [-0.15, -0.1) is 0 Å². The third-order valence-electron chi connectivity index (χ3n) is 5.50. The number of rotatable bonds is 5. The first-order chi connectivity index (χ1) is 14.0. The van der Waals surface area contributed by atoms with Crippen molar-refractivity contribution in [2.24, 2.45) is 5.92 Å². The lowest BCUT2D eigenvalue weighted by Crippen LogP contribution is -2.50. The molecule has 0 saturated carbocycles. The van der Waals surface area contributed by atoms with Gasteiger partial charge in [-0.3, -0.25) is 20.0 Å². The maximum atomic E-state index is 12.8. The van der Waals surface area contributed by atoms with Gasteiger partial charge in [0.25, 0.3) is 5.91 Å². The lowest BCUT2D eigenvalue weighted by molar-refractivity contribution is -0.135. The van der Waals surface area contributed by atoms with Gasteiger partial charge in [-0.2, -0.15) is 5.10 Å². The predicted octanol–water partition coefficient (Wildman–Crippen LogP) is 0.960. The van der Waals surface area contributed by atoms with Gasteiger partial charge in [-0.25, -0.2) is 4.79 Å². The molecule has 2 atom stereocenters. The number of nitrogens with one attached hydrogen (secondary N) is 3. The molecule has 3 heterocycles. The zero-order valence-electron chi connectivity index (χ0n) is 16.2. The van der Waals surface area contributed by atoms with E-state index in [0.717, 1.165) is 29.9 Å². The summed E-state index contributed by atoms with van der Waals surface area (Å²) in [5.74, 6) is -0.678. The van der Waals surface area contributed by atoms with E-state index in [9.17, 15) is 14.4 Å². The van der Waals surface area contributed by atoms with Crippen LogP contribution in [0, 0.1) is 5.92 Å². The molecule has 9 nitrogen and oxygen atoms in total. The number of nitrogens with zero attached hydrogens (tertiary/aromatic N) is 3. The minimum Gasteiger partial charge on any atom is -0.368 e. The van der Waals surface area contributed by atoms with E-state index in [1.807, 2.05) is 23.2 Å². The highest BCUT2D eigenvalue weighted by molar-refractivity contribution is 6.04. The van der Waals surface area contributed by atoms with E-state index in [2.05, 4.69) is 37.9 Å². The van der Waals surface area contributed by atoms with E-state index in [4.69, 9.17) is 0 Å². The van der Waals surface area contributed by atoms with Gasteiger partial charge in [0.05, 0.1) is 6.20 Å². The summed E-state index contributed by atoms with van der Waals surface area (Å²) in [5.41, 5.74) is 3.26. The first-order valence-corrected chi connectivity index (χ1v) is 9.75. The molecule has 2 aliphatic heterocycles. The number of amides is 4. The van der Waals surface area contributed by atoms with E-state index in [-0.39, 0.29) is 17.7 Å². The molecule has 4 amide bonds. The Morgan fingerprint density at radius 1 is 1.21 bits per heavy atom. The lowest BCUT2D eigenvalue weighted by Gasteiger charge is -2.37. The Kier molecular flexibility index (Phi) is 5.20. The van der Waals surface area contributed by atoms with E-state index in [1.165, 1.54) is 0 Å². The van der Waals surface area contributed by atoms with E-state index < -0.39 is 12.1 Å². The van der Waals surface area contributed by atoms with Crippen LogP contribution in [0.5, 0.6) is 0 Å². The molecule has 1 aromatic heterocycles. The minimum absolute atomic E-state index is 0.0192. The van der Waals surface area contributed by atoms with E-state index in [1.54, 1.807) is 13.1 Å². The monoisotopic (exact) mass is 396 g/mol. The Labute approximate surface area is 168 Å². The molecule has 2 saturated heterocycles. The highest BCUT2D eigenvalue weighted by atomic mass is 16.2. The Hall–Kier alpha value is -3.36. The van der Waals surface area contributed by atoms with Crippen molar-refractivity contribution in [2.75, 3.05) is 31.1 Å². The molecule has 1 aromatic carbocycles. The molecule has 0 bridgehead atoms. The van der Waals surface area contributed by atoms with Gasteiger partial charge in [0.2, 0.25) is 5.91 Å². The number of hydrogen-bond donors (Lipinski definition) is 3. The Bertz CT molecular complexity index is 905. The van der Waals surface area contributed by atoms with Crippen LogP contribution in [-0.2, 0) is 9.59 Å². The second-order valence-corrected chi connectivity index (χ2v) is 7.50. The van der Waals surface area contributed by atoms with Gasteiger partial charge in [0, 0.05) is 49.5 Å². The van der Waals surface area contributed by atoms with Crippen LogP contribution in [0.15, 0.2) is 36.7 Å². The molecule has 2 aromatic rings. The van der Waals surface area contributed by atoms with Crippen molar-refractivity contribution < 1.29 is 14.4 Å². The molecule has 0 unspecified atom stereocenters. The van der Waals surface area contributed by atoms with Crippen LogP contribution < -0.4 is 15.5 Å². The van der Waals surface area contributed by atoms with Gasteiger partial charge >= 0.3 is 6.03 Å². The molecule has 2 fully saturated rings. The van der Waals surface area contributed by atoms with Crippen molar-refractivity contribution in [1.29, 1.82) is 0 Å². The van der Waals surface area contributed by atoms with E-state index in [0.29, 0.717) is 19.5 Å². The van der Waals surface area contributed by atoms with Crippen LogP contribution in [0.4, 0.5) is 10.5 Å². The summed E-state index contributed by atoms with van der Waals surface area (Å²) in [4.78, 5) is 39.8. The third kappa shape index (κ3) is 4.08. The van der Waals surface area contributed by atoms with Gasteiger partial charge < -0.3 is 15.1 Å². The molecule has 29 heavy (non-hydrogen) atoms. The summed E-state index contributed by atoms with van der Waals surface area (Å²) >= 11 is 0. The van der Waals surface area contributed by atoms with Crippen molar-refractivity contribution >= 4 is 23.5 Å². The van der Waals surface area contributed by atoms with Gasteiger partial charge in [0.15, 0.2) is 0 Å². The van der Waals surface area contributed by atoms with Gasteiger partial charge in [-0.05, 0) is 24.1 Å². The van der Waals surface area contributed by atoms with Gasteiger partial charge in [-0.1, -0.05) is 19.1 Å². The largest absolute Gasteiger partial charge is 0.368 e. The predicted molar refractivity (Wildman–Crippen MR) is 107 cm³/mol. The minimum atomic E-state index is -0.631. The van der Waals surface area contributed by atoms with Crippen molar-refractivity contribution in [2.45, 2.75) is 19.4 Å². The summed E-state index contributed by atoms with van der Waals surface area (Å²) in [6.45, 7) is 4.55. The quantitative estimate of drug-likeness (QED) is 0.652. The molecule has 152 valence electrons. The van der Waals surface area contributed by atoms with Crippen molar-refractivity contribution in [1.82, 2.24) is 25.7 Å². The summed E-state index contributed by atoms with van der Waals surface area (Å²) in [7, 11) is 0. The molecule has 9 heteroatoms. The maximum absolute atomic E-state index is 12.8. The summed E-state index contributed by atoms with van der Waals surface area (Å²) < 4.78 is 0. The zero-order chi connectivity index (χ0) is 20.4. The van der Waals surface area contributed by atoms with Crippen LogP contribution >= 0.6 is 0 Å². The number of urea groups is 1. The average molecular weight is 396 g/mol. The molecule has 3 N–H and O–H groups in total. The normalized spacial score (nSPS) is 20.4. The van der Waals surface area contributed by atoms with Crippen LogP contribution in [0.2, 0.25) is 0 Å². The third-order valence-corrected chi connectivity index (χ3v) is 5.50. The van der Waals surface area contributed by atoms with E-state index >= 15 is 0 Å². The lowest BCUT2D eigenvalue weighted by atomic mass is 10.00. The van der Waals surface area contributed by atoms with Gasteiger partial charge in [0.1, 0.15) is 6.04 Å². The Balaban J connectivity index is 1.33. The fourth-order valence-electron chi connectivity index (χ4n) is 3.87. The number of aromatic amines is 1. The van der Waals surface area contributed by atoms with Crippen molar-refractivity contribution in [3.63, 3.8) is 0 Å². The second kappa shape index (κ2) is 7.94. The molecule has 4 rings (SSSR count). The zero-order valence-corrected chi connectivity index (χ0v) is 16.2. The molecule has 0 radical (unpaired) electrons. The summed E-state index contributed by atoms with van der Waals surface area (Å²) in [6, 6.07) is 7.16. The molecule has 0 spiro atoms. The summed E-state index contributed by atoms with van der Waals surface area (Å²) in [6.07, 6.45) is 3.97. The number of aromatic nitrogens is 2. The number of piperazine rings is 1. The maximum Gasteiger partial charge on any atom is 0.322 e. The number of benzene rings is 1. The standard InChI is InChI=1S/C20H24N6O3/c1-13(9-17-18(27)24-20(29)23-17)19(28)26-7-5-25(6-8-26)16-4-2-3-14(10-16)15-11-21-22-12-15/h2-4,10-13,17H,5-9H2,1H3,(H,21,22)(H2,23,24,27,29)/t13-,17+/m0/s1. The smallest absolute Gasteiger partial charge is 0.322 e. The number of H-pyrrole nitrogens is 1. The second-order valence-electron chi connectivity index (χ2n) is 7.50. The van der Waals surface area contributed by atoms with Crippen LogP contribution in [0.1, 0.15) is 13.3 Å². The Morgan fingerprint density at radius 2 is 2.00 bits per heavy atom. The van der Waals surface area contributed by atoms with Crippen molar-refractivity contribution in [3.05, 3.63) is 36.7 Å². The van der Waals surface area contributed by atoms with Crippen molar-refractivity contribution in [3.8, 4) is 11.1 Å². The number of hydrogen-bond acceptors (Lipinski definition) is 5. The highest BCUT2D eigenvalue weighted by Gasteiger charge is 2.34. The molecule has 2 aliphatic rings. The number of imide groups is 1. The molecular weight excluding hydrogens is 372 g/mol. The Morgan fingerprint density at radius 3 is 2.66 bits per heavy atom. The number of carbonyl (C=O) groups is 3. The fourth-order valence-corrected chi connectivity index (χ4v) is 3.87. The fraction of sp³-hybridized carbons (Fsp3) is 0.400. The van der Waals surface area contributed by atoms with Crippen LogP contribution in [0.25, 0.3) is 11.1 Å². The molecular formula is C20H24N6O3. The topological polar surface area (TPSA) is 110 Å². The average Bonchev–Trinajstić information content (AvgIpc) is 3.37. The first kappa shape index (κ1) is 19.0. The van der Waals surface area contributed by atoms with Crippen LogP contribution in [0.3, 0.4) is 0 Å². The van der Waals surface area contributed by atoms with Crippen LogP contribution in [-0.4, -0.2) is 65.2 Å². The highest BCUT2D eigenvalue weighted by Crippen LogP contribution is 2.25. The summed E-state index contributed by atoms with van der Waals surface area (Å²) in [5, 5.41) is 11.6.